The summed E-state index contributed by atoms with van der Waals surface area (Å²) in [6, 6.07) is 6.33. The Kier molecular flexibility index (Phi) is 10.8. The molecule has 25 heavy (non-hydrogen) atoms. The topological polar surface area (TPSA) is 54.9 Å². The maximum absolute atomic E-state index is 13.0. The zero-order chi connectivity index (χ0) is 18.5. The van der Waals surface area contributed by atoms with Crippen LogP contribution in [0.3, 0.4) is 0 Å². The van der Waals surface area contributed by atoms with Gasteiger partial charge in [-0.15, -0.1) is 0 Å². The van der Waals surface area contributed by atoms with Crippen LogP contribution in [0.25, 0.3) is 0 Å². The van der Waals surface area contributed by atoms with Gasteiger partial charge in [-0.3, -0.25) is 4.99 Å². The Morgan fingerprint density at radius 2 is 1.92 bits per heavy atom. The quantitative estimate of drug-likeness (QED) is 0.365. The number of nitrogens with one attached hydrogen (secondary N) is 2. The second kappa shape index (κ2) is 12.7. The molecule has 0 amide bonds. The average molecular weight is 353 g/mol. The first-order valence-corrected chi connectivity index (χ1v) is 8.95. The Morgan fingerprint density at radius 3 is 2.52 bits per heavy atom. The summed E-state index contributed by atoms with van der Waals surface area (Å²) in [7, 11) is 1.63. The van der Waals surface area contributed by atoms with Gasteiger partial charge < -0.3 is 20.1 Å². The molecule has 1 atom stereocenters. The number of hydrogen-bond acceptors (Lipinski definition) is 3. The van der Waals surface area contributed by atoms with Crippen molar-refractivity contribution in [2.45, 2.75) is 33.3 Å². The van der Waals surface area contributed by atoms with Gasteiger partial charge in [0.25, 0.3) is 0 Å². The van der Waals surface area contributed by atoms with Crippen LogP contribution in [-0.4, -0.2) is 45.9 Å². The van der Waals surface area contributed by atoms with E-state index in [-0.39, 0.29) is 11.9 Å². The van der Waals surface area contributed by atoms with E-state index in [0.717, 1.165) is 44.2 Å². The van der Waals surface area contributed by atoms with E-state index in [9.17, 15) is 4.39 Å². The maximum atomic E-state index is 13.0. The highest BCUT2D eigenvalue weighted by atomic mass is 19.1. The van der Waals surface area contributed by atoms with E-state index in [1.54, 1.807) is 19.2 Å². The molecule has 1 aromatic carbocycles. The van der Waals surface area contributed by atoms with Crippen molar-refractivity contribution >= 4 is 5.96 Å². The monoisotopic (exact) mass is 353 g/mol. The van der Waals surface area contributed by atoms with E-state index in [1.165, 1.54) is 12.1 Å². The van der Waals surface area contributed by atoms with Crippen LogP contribution in [0.15, 0.2) is 29.3 Å². The number of benzene rings is 1. The number of halogens is 1. The highest BCUT2D eigenvalue weighted by Crippen LogP contribution is 2.17. The molecular weight excluding hydrogens is 321 g/mol. The molecule has 1 unspecified atom stereocenters. The Hall–Kier alpha value is -1.66. The molecule has 0 radical (unpaired) electrons. The molecular formula is C19H32FN3O2. The van der Waals surface area contributed by atoms with Gasteiger partial charge in [0.1, 0.15) is 11.9 Å². The number of aliphatic imine (C=N–C) groups is 1. The van der Waals surface area contributed by atoms with Gasteiger partial charge in [0.2, 0.25) is 0 Å². The van der Waals surface area contributed by atoms with E-state index in [2.05, 4.69) is 29.5 Å². The van der Waals surface area contributed by atoms with Gasteiger partial charge in [0.05, 0.1) is 6.54 Å². The number of methoxy groups -OCH3 is 1. The van der Waals surface area contributed by atoms with E-state index in [0.29, 0.717) is 12.5 Å². The van der Waals surface area contributed by atoms with E-state index in [1.807, 2.05) is 6.92 Å². The van der Waals surface area contributed by atoms with Crippen molar-refractivity contribution in [3.8, 4) is 0 Å². The Bertz CT molecular complexity index is 492. The lowest BCUT2D eigenvalue weighted by atomic mass is 10.1. The van der Waals surface area contributed by atoms with Crippen molar-refractivity contribution in [1.82, 2.24) is 10.6 Å². The maximum Gasteiger partial charge on any atom is 0.191 e. The summed E-state index contributed by atoms with van der Waals surface area (Å²) in [4.78, 5) is 4.56. The lowest BCUT2D eigenvalue weighted by molar-refractivity contribution is 0.108. The largest absolute Gasteiger partial charge is 0.381 e. The molecule has 0 spiro atoms. The normalized spacial score (nSPS) is 13.1. The van der Waals surface area contributed by atoms with Crippen LogP contribution in [0.4, 0.5) is 4.39 Å². The van der Waals surface area contributed by atoms with E-state index >= 15 is 0 Å². The van der Waals surface area contributed by atoms with E-state index in [4.69, 9.17) is 9.47 Å². The molecule has 0 aliphatic rings. The third-order valence-electron chi connectivity index (χ3n) is 3.49. The molecule has 0 aromatic heterocycles. The van der Waals surface area contributed by atoms with Gasteiger partial charge in [0, 0.05) is 33.4 Å². The Balaban J connectivity index is 2.45. The molecule has 2 N–H and O–H groups in total. The zero-order valence-electron chi connectivity index (χ0n) is 15.8. The van der Waals surface area contributed by atoms with Crippen LogP contribution in [0, 0.1) is 11.7 Å². The molecule has 142 valence electrons. The summed E-state index contributed by atoms with van der Waals surface area (Å²) in [6.45, 7) is 9.87. The second-order valence-electron chi connectivity index (χ2n) is 6.24. The summed E-state index contributed by atoms with van der Waals surface area (Å²) in [5.41, 5.74) is 0.908. The van der Waals surface area contributed by atoms with Crippen LogP contribution in [-0.2, 0) is 9.47 Å². The minimum absolute atomic E-state index is 0.203. The molecule has 0 aliphatic heterocycles. The second-order valence-corrected chi connectivity index (χ2v) is 6.24. The number of rotatable bonds is 11. The molecule has 0 saturated heterocycles. The van der Waals surface area contributed by atoms with Crippen molar-refractivity contribution in [3.05, 3.63) is 35.6 Å². The van der Waals surface area contributed by atoms with E-state index < -0.39 is 0 Å². The first kappa shape index (κ1) is 21.4. The molecule has 0 bridgehead atoms. The van der Waals surface area contributed by atoms with Crippen LogP contribution in [0.2, 0.25) is 0 Å². The van der Waals surface area contributed by atoms with Crippen molar-refractivity contribution < 1.29 is 13.9 Å². The summed E-state index contributed by atoms with van der Waals surface area (Å²) < 4.78 is 24.1. The van der Waals surface area contributed by atoms with Crippen molar-refractivity contribution in [2.24, 2.45) is 10.9 Å². The lowest BCUT2D eigenvalue weighted by Gasteiger charge is -2.16. The minimum Gasteiger partial charge on any atom is -0.381 e. The van der Waals surface area contributed by atoms with Gasteiger partial charge >= 0.3 is 0 Å². The lowest BCUT2D eigenvalue weighted by Crippen LogP contribution is -2.38. The first-order chi connectivity index (χ1) is 12.1. The van der Waals surface area contributed by atoms with Gasteiger partial charge in [0.15, 0.2) is 5.96 Å². The fraction of sp³-hybridized carbons (Fsp3) is 0.632. The molecule has 0 fully saturated rings. The molecule has 1 aromatic rings. The average Bonchev–Trinajstić information content (AvgIpc) is 2.59. The highest BCUT2D eigenvalue weighted by molar-refractivity contribution is 5.79. The van der Waals surface area contributed by atoms with Gasteiger partial charge in [-0.2, -0.15) is 0 Å². The molecule has 1 rings (SSSR count). The number of ether oxygens (including phenoxy) is 2. The van der Waals surface area contributed by atoms with Crippen molar-refractivity contribution in [3.63, 3.8) is 0 Å². The molecule has 6 heteroatoms. The van der Waals surface area contributed by atoms with Crippen LogP contribution < -0.4 is 10.6 Å². The van der Waals surface area contributed by atoms with Gasteiger partial charge in [-0.1, -0.05) is 26.0 Å². The van der Waals surface area contributed by atoms with Gasteiger partial charge in [-0.05, 0) is 37.0 Å². The van der Waals surface area contributed by atoms with Crippen LogP contribution in [0.1, 0.15) is 38.9 Å². The smallest absolute Gasteiger partial charge is 0.191 e. The molecule has 0 saturated carbocycles. The summed E-state index contributed by atoms with van der Waals surface area (Å²) >= 11 is 0. The molecule has 5 nitrogen and oxygen atoms in total. The molecule has 0 aliphatic carbocycles. The highest BCUT2D eigenvalue weighted by Gasteiger charge is 2.10. The summed E-state index contributed by atoms with van der Waals surface area (Å²) in [6.07, 6.45) is 0.716. The SMILES string of the molecule is CCNC(=NCC(OC)c1ccc(F)cc1)NCCCOCC(C)C. The van der Waals surface area contributed by atoms with Crippen LogP contribution in [0.5, 0.6) is 0 Å². The predicted molar refractivity (Wildman–Crippen MR) is 100 cm³/mol. The first-order valence-electron chi connectivity index (χ1n) is 8.95. The van der Waals surface area contributed by atoms with Crippen molar-refractivity contribution in [2.75, 3.05) is 40.0 Å². The summed E-state index contributed by atoms with van der Waals surface area (Å²) in [5.74, 6) is 1.05. The summed E-state index contributed by atoms with van der Waals surface area (Å²) in [5, 5.41) is 6.51. The molecule has 0 heterocycles. The number of nitrogens with zero attached hydrogens (tertiary/aromatic N) is 1. The zero-order valence-corrected chi connectivity index (χ0v) is 15.8. The van der Waals surface area contributed by atoms with Crippen LogP contribution >= 0.6 is 0 Å². The number of hydrogen-bond donors (Lipinski definition) is 2. The fourth-order valence-corrected chi connectivity index (χ4v) is 2.21. The van der Waals surface area contributed by atoms with Crippen molar-refractivity contribution in [1.29, 1.82) is 0 Å². The Morgan fingerprint density at radius 1 is 1.20 bits per heavy atom. The Labute approximate surface area is 151 Å². The third kappa shape index (κ3) is 9.41. The predicted octanol–water partition coefficient (Wildman–Crippen LogP) is 3.13. The van der Waals surface area contributed by atoms with Gasteiger partial charge in [-0.25, -0.2) is 4.39 Å². The third-order valence-corrected chi connectivity index (χ3v) is 3.49. The number of guanidine groups is 1. The standard InChI is InChI=1S/C19H32FN3O2/c1-5-21-19(22-11-6-12-25-14-15(2)3)23-13-18(24-4)16-7-9-17(20)10-8-16/h7-10,15,18H,5-6,11-14H2,1-4H3,(H2,21,22,23). The minimum atomic E-state index is -0.253. The fourth-order valence-electron chi connectivity index (χ4n) is 2.21.